The van der Waals surface area contributed by atoms with Gasteiger partial charge in [0.2, 0.25) is 5.91 Å². The van der Waals surface area contributed by atoms with Gasteiger partial charge in [-0.05, 0) is 6.42 Å². The molecule has 0 aliphatic carbocycles. The Labute approximate surface area is 90.0 Å². The molecule has 2 N–H and O–H groups in total. The lowest BCUT2D eigenvalue weighted by Gasteiger charge is -2.20. The molecule has 1 heterocycles. The van der Waals surface area contributed by atoms with Crippen LogP contribution in [0.4, 0.5) is 18.0 Å². The molecule has 5 nitrogen and oxygen atoms in total. The number of carbonyl (C=O) groups is 2. The molecule has 0 unspecified atom stereocenters. The first-order valence-corrected chi connectivity index (χ1v) is 4.75. The third-order valence-corrected chi connectivity index (χ3v) is 1.99. The number of nitrogens with one attached hydrogen (secondary N) is 2. The Kier molecular flexibility index (Phi) is 3.97. The van der Waals surface area contributed by atoms with Crippen LogP contribution in [0.5, 0.6) is 0 Å². The van der Waals surface area contributed by atoms with Crippen molar-refractivity contribution >= 4 is 11.9 Å². The van der Waals surface area contributed by atoms with Gasteiger partial charge in [0.15, 0.2) is 0 Å². The first kappa shape index (κ1) is 12.6. The number of urea groups is 1. The van der Waals surface area contributed by atoms with E-state index in [9.17, 15) is 22.8 Å². The summed E-state index contributed by atoms with van der Waals surface area (Å²) in [6, 6.07) is -0.866. The highest BCUT2D eigenvalue weighted by Gasteiger charge is 2.29. The molecule has 0 atom stereocenters. The number of halogens is 3. The fourth-order valence-corrected chi connectivity index (χ4v) is 1.27. The van der Waals surface area contributed by atoms with Crippen LogP contribution in [-0.2, 0) is 4.79 Å². The molecule has 1 aliphatic rings. The summed E-state index contributed by atoms with van der Waals surface area (Å²) in [5.41, 5.74) is 0. The second-order valence-electron chi connectivity index (χ2n) is 3.40. The van der Waals surface area contributed by atoms with Crippen molar-refractivity contribution in [3.8, 4) is 0 Å². The topological polar surface area (TPSA) is 61.4 Å². The van der Waals surface area contributed by atoms with Gasteiger partial charge in [-0.2, -0.15) is 13.2 Å². The normalized spacial score (nSPS) is 17.7. The van der Waals surface area contributed by atoms with Crippen LogP contribution >= 0.6 is 0 Å². The van der Waals surface area contributed by atoms with Crippen molar-refractivity contribution in [3.63, 3.8) is 0 Å². The summed E-state index contributed by atoms with van der Waals surface area (Å²) >= 11 is 0. The maximum atomic E-state index is 11.8. The SMILES string of the molecule is O=C1CN(C(=O)NCC(F)(F)F)CCCN1. The first-order valence-electron chi connectivity index (χ1n) is 4.75. The van der Waals surface area contributed by atoms with Gasteiger partial charge >= 0.3 is 12.2 Å². The van der Waals surface area contributed by atoms with E-state index < -0.39 is 18.8 Å². The zero-order valence-electron chi connectivity index (χ0n) is 8.43. The Morgan fingerprint density at radius 1 is 1.50 bits per heavy atom. The van der Waals surface area contributed by atoms with Gasteiger partial charge in [0.25, 0.3) is 0 Å². The average Bonchev–Trinajstić information content (AvgIpc) is 2.38. The van der Waals surface area contributed by atoms with E-state index in [4.69, 9.17) is 0 Å². The molecule has 1 fully saturated rings. The minimum Gasteiger partial charge on any atom is -0.354 e. The highest BCUT2D eigenvalue weighted by molar-refractivity contribution is 5.84. The molecule has 1 aliphatic heterocycles. The number of amides is 3. The number of alkyl halides is 3. The van der Waals surface area contributed by atoms with Crippen LogP contribution < -0.4 is 10.6 Å². The van der Waals surface area contributed by atoms with Gasteiger partial charge in [-0.1, -0.05) is 0 Å². The minimum atomic E-state index is -4.44. The molecular formula is C8H12F3N3O2. The van der Waals surface area contributed by atoms with Crippen LogP contribution in [0.25, 0.3) is 0 Å². The van der Waals surface area contributed by atoms with Crippen molar-refractivity contribution < 1.29 is 22.8 Å². The van der Waals surface area contributed by atoms with E-state index in [1.54, 1.807) is 5.32 Å². The second-order valence-corrected chi connectivity index (χ2v) is 3.40. The Hall–Kier alpha value is -1.47. The molecule has 1 rings (SSSR count). The van der Waals surface area contributed by atoms with Crippen molar-refractivity contribution in [2.75, 3.05) is 26.2 Å². The quantitative estimate of drug-likeness (QED) is 0.680. The minimum absolute atomic E-state index is 0.205. The number of rotatable bonds is 1. The van der Waals surface area contributed by atoms with Crippen LogP contribution in [0.1, 0.15) is 6.42 Å². The smallest absolute Gasteiger partial charge is 0.354 e. The summed E-state index contributed by atoms with van der Waals surface area (Å²) in [6.45, 7) is -0.891. The molecule has 3 amide bonds. The van der Waals surface area contributed by atoms with Crippen LogP contribution in [0.2, 0.25) is 0 Å². The predicted molar refractivity (Wildman–Crippen MR) is 48.7 cm³/mol. The fraction of sp³-hybridized carbons (Fsp3) is 0.750. The van der Waals surface area contributed by atoms with E-state index in [1.807, 2.05) is 0 Å². The Balaban J connectivity index is 2.43. The molecule has 0 aromatic heterocycles. The second kappa shape index (κ2) is 5.04. The van der Waals surface area contributed by atoms with Crippen LogP contribution in [0, 0.1) is 0 Å². The molecule has 16 heavy (non-hydrogen) atoms. The Morgan fingerprint density at radius 3 is 2.81 bits per heavy atom. The van der Waals surface area contributed by atoms with Gasteiger partial charge in [-0.25, -0.2) is 4.79 Å². The van der Waals surface area contributed by atoms with Crippen molar-refractivity contribution in [3.05, 3.63) is 0 Å². The Morgan fingerprint density at radius 2 is 2.19 bits per heavy atom. The number of nitrogens with zero attached hydrogens (tertiary/aromatic N) is 1. The highest BCUT2D eigenvalue weighted by atomic mass is 19.4. The monoisotopic (exact) mass is 239 g/mol. The summed E-state index contributed by atoms with van der Waals surface area (Å²) in [5, 5.41) is 4.24. The number of hydrogen-bond donors (Lipinski definition) is 2. The van der Waals surface area contributed by atoms with Crippen molar-refractivity contribution in [2.24, 2.45) is 0 Å². The van der Waals surface area contributed by atoms with E-state index in [2.05, 4.69) is 5.32 Å². The summed E-state index contributed by atoms with van der Waals surface area (Å²) in [6.07, 6.45) is -3.91. The third-order valence-electron chi connectivity index (χ3n) is 1.99. The van der Waals surface area contributed by atoms with Crippen LogP contribution in [0.3, 0.4) is 0 Å². The van der Waals surface area contributed by atoms with Crippen molar-refractivity contribution in [1.82, 2.24) is 15.5 Å². The molecule has 1 saturated heterocycles. The molecule has 92 valence electrons. The molecule has 8 heteroatoms. The van der Waals surface area contributed by atoms with E-state index in [0.717, 1.165) is 4.90 Å². The average molecular weight is 239 g/mol. The van der Waals surface area contributed by atoms with Crippen molar-refractivity contribution in [2.45, 2.75) is 12.6 Å². The number of carbonyl (C=O) groups excluding carboxylic acids is 2. The van der Waals surface area contributed by atoms with Crippen LogP contribution in [-0.4, -0.2) is 49.2 Å². The summed E-state index contributed by atoms with van der Waals surface area (Å²) in [4.78, 5) is 23.4. The van der Waals surface area contributed by atoms with Gasteiger partial charge in [-0.3, -0.25) is 4.79 Å². The molecular weight excluding hydrogens is 227 g/mol. The Bertz CT molecular complexity index is 280. The van der Waals surface area contributed by atoms with E-state index in [-0.39, 0.29) is 19.0 Å². The zero-order chi connectivity index (χ0) is 12.2. The summed E-state index contributed by atoms with van der Waals surface area (Å²) in [5.74, 6) is -0.361. The maximum Gasteiger partial charge on any atom is 0.405 e. The van der Waals surface area contributed by atoms with E-state index in [0.29, 0.717) is 13.0 Å². The zero-order valence-corrected chi connectivity index (χ0v) is 8.43. The molecule has 0 bridgehead atoms. The highest BCUT2D eigenvalue weighted by Crippen LogP contribution is 2.12. The van der Waals surface area contributed by atoms with Crippen LogP contribution in [0.15, 0.2) is 0 Å². The molecule has 0 aromatic rings. The largest absolute Gasteiger partial charge is 0.405 e. The van der Waals surface area contributed by atoms with Gasteiger partial charge in [0, 0.05) is 13.1 Å². The number of hydrogen-bond acceptors (Lipinski definition) is 2. The lowest BCUT2D eigenvalue weighted by atomic mass is 10.4. The lowest BCUT2D eigenvalue weighted by molar-refractivity contribution is -0.123. The van der Waals surface area contributed by atoms with Crippen molar-refractivity contribution in [1.29, 1.82) is 0 Å². The van der Waals surface area contributed by atoms with Gasteiger partial charge < -0.3 is 15.5 Å². The van der Waals surface area contributed by atoms with Gasteiger partial charge in [0.1, 0.15) is 13.1 Å². The molecule has 0 radical (unpaired) electrons. The first-order chi connectivity index (χ1) is 7.38. The molecule has 0 saturated carbocycles. The maximum absolute atomic E-state index is 11.8. The fourth-order valence-electron chi connectivity index (χ4n) is 1.27. The summed E-state index contributed by atoms with van der Waals surface area (Å²) in [7, 11) is 0. The van der Waals surface area contributed by atoms with Gasteiger partial charge in [-0.15, -0.1) is 0 Å². The third kappa shape index (κ3) is 4.37. The lowest BCUT2D eigenvalue weighted by Crippen LogP contribution is -2.46. The summed E-state index contributed by atoms with van der Waals surface area (Å²) < 4.78 is 35.5. The van der Waals surface area contributed by atoms with E-state index >= 15 is 0 Å². The molecule has 0 aromatic carbocycles. The standard InChI is InChI=1S/C8H12F3N3O2/c9-8(10,11)5-13-7(16)14-3-1-2-12-6(15)4-14/h1-5H2,(H,12,15)(H,13,16). The van der Waals surface area contributed by atoms with Gasteiger partial charge in [0.05, 0.1) is 0 Å². The predicted octanol–water partition coefficient (Wildman–Crippen LogP) is 0.0802. The molecule has 0 spiro atoms. The van der Waals surface area contributed by atoms with E-state index in [1.165, 1.54) is 0 Å².